The summed E-state index contributed by atoms with van der Waals surface area (Å²) >= 11 is 1.34. The first kappa shape index (κ1) is 24.5. The molecule has 6 nitrogen and oxygen atoms in total. The topological polar surface area (TPSA) is 72.6 Å². The van der Waals surface area contributed by atoms with Crippen LogP contribution in [-0.4, -0.2) is 24.0 Å². The third-order valence-corrected chi connectivity index (χ3v) is 7.34. The summed E-state index contributed by atoms with van der Waals surface area (Å²) in [5.74, 6) is -0.418. The van der Waals surface area contributed by atoms with Gasteiger partial charge in [0.25, 0.3) is 0 Å². The molecule has 5 aromatic rings. The Labute approximate surface area is 218 Å². The molecule has 2 aromatic heterocycles. The lowest BCUT2D eigenvalue weighted by Gasteiger charge is -2.20. The molecule has 0 bridgehead atoms. The highest BCUT2D eigenvalue weighted by Gasteiger charge is 2.16. The summed E-state index contributed by atoms with van der Waals surface area (Å²) in [5.41, 5.74) is 4.55. The van der Waals surface area contributed by atoms with Gasteiger partial charge in [-0.05, 0) is 61.4 Å². The molecule has 5 rings (SSSR count). The number of rotatable bonds is 8. The third kappa shape index (κ3) is 5.04. The number of anilines is 1. The number of ether oxygens (including phenoxy) is 1. The van der Waals surface area contributed by atoms with Crippen molar-refractivity contribution in [3.05, 3.63) is 100 Å². The molecule has 0 atom stereocenters. The number of esters is 1. The second-order valence-corrected chi connectivity index (χ2v) is 9.60. The van der Waals surface area contributed by atoms with Crippen LogP contribution < -0.4 is 10.5 Å². The maximum absolute atomic E-state index is 12.9. The summed E-state index contributed by atoms with van der Waals surface area (Å²) in [7, 11) is 0. The molecule has 0 aliphatic heterocycles. The van der Waals surface area contributed by atoms with E-state index < -0.39 is 11.6 Å². The average molecular weight is 511 g/mol. The highest BCUT2D eigenvalue weighted by Crippen LogP contribution is 2.31. The van der Waals surface area contributed by atoms with Crippen molar-refractivity contribution < 1.29 is 13.9 Å². The van der Waals surface area contributed by atoms with Crippen molar-refractivity contribution in [2.75, 3.05) is 18.0 Å². The van der Waals surface area contributed by atoms with Gasteiger partial charge >= 0.3 is 11.6 Å². The van der Waals surface area contributed by atoms with Gasteiger partial charge in [0.15, 0.2) is 0 Å². The Morgan fingerprint density at radius 2 is 1.84 bits per heavy atom. The van der Waals surface area contributed by atoms with E-state index in [0.29, 0.717) is 27.2 Å². The molecule has 37 heavy (non-hydrogen) atoms. The number of benzene rings is 3. The molecule has 0 radical (unpaired) electrons. The number of hydrogen-bond donors (Lipinski definition) is 0. The van der Waals surface area contributed by atoms with Crippen LogP contribution in [0.15, 0.2) is 82.5 Å². The van der Waals surface area contributed by atoms with Crippen LogP contribution in [-0.2, 0) is 11.3 Å². The smallest absolute Gasteiger partial charge is 0.346 e. The van der Waals surface area contributed by atoms with Gasteiger partial charge in [0.2, 0.25) is 0 Å². The molecule has 0 saturated carbocycles. The van der Waals surface area contributed by atoms with Crippen molar-refractivity contribution in [2.45, 2.75) is 20.5 Å². The van der Waals surface area contributed by atoms with Crippen LogP contribution >= 0.6 is 11.3 Å². The minimum absolute atomic E-state index is 0.177. The molecule has 2 heterocycles. The number of hydrogen-bond acceptors (Lipinski definition) is 7. The van der Waals surface area contributed by atoms with Crippen LogP contribution in [0.5, 0.6) is 0 Å². The number of carbonyl (C=O) groups excluding carboxylic acids is 1. The van der Waals surface area contributed by atoms with E-state index in [2.05, 4.69) is 30.3 Å². The van der Waals surface area contributed by atoms with Gasteiger partial charge in [-0.3, -0.25) is 0 Å². The van der Waals surface area contributed by atoms with Crippen molar-refractivity contribution in [2.24, 2.45) is 0 Å². The Kier molecular flexibility index (Phi) is 6.88. The maximum Gasteiger partial charge on any atom is 0.346 e. The molecule has 3 aromatic carbocycles. The van der Waals surface area contributed by atoms with Crippen LogP contribution in [0.1, 0.15) is 35.3 Å². The van der Waals surface area contributed by atoms with Gasteiger partial charge in [0.05, 0.1) is 21.3 Å². The van der Waals surface area contributed by atoms with Crippen LogP contribution in [0.4, 0.5) is 5.69 Å². The lowest BCUT2D eigenvalue weighted by molar-refractivity contribution is 0.0473. The normalized spacial score (nSPS) is 11.1. The quantitative estimate of drug-likeness (QED) is 0.167. The molecular formula is C30H26N2O4S. The monoisotopic (exact) mass is 510 g/mol. The summed E-state index contributed by atoms with van der Waals surface area (Å²) < 4.78 is 12.0. The van der Waals surface area contributed by atoms with Crippen molar-refractivity contribution in [3.63, 3.8) is 0 Å². The highest BCUT2D eigenvalue weighted by molar-refractivity contribution is 7.21. The summed E-state index contributed by atoms with van der Waals surface area (Å²) in [6.07, 6.45) is 1.76. The lowest BCUT2D eigenvalue weighted by Crippen LogP contribution is -2.21. The highest BCUT2D eigenvalue weighted by atomic mass is 32.1. The first-order valence-electron chi connectivity index (χ1n) is 12.1. The minimum atomic E-state index is -0.439. The predicted molar refractivity (Wildman–Crippen MR) is 150 cm³/mol. The molecule has 0 spiro atoms. The van der Waals surface area contributed by atoms with Gasteiger partial charge in [-0.2, -0.15) is 0 Å². The molecule has 186 valence electrons. The lowest BCUT2D eigenvalue weighted by atomic mass is 10.1. The molecule has 0 aliphatic carbocycles. The standard InChI is InChI=1S/C30H26N2O4S/c1-4-19-7-9-20(10-8-19)18-35-29(33)22-12-14-25-27(16-22)37-28(31-25)24-15-21-11-13-23(32(5-2)6-3)17-26(21)36-30(24)34/h4,7-17H,1,5-6,18H2,2-3H3. The number of aromatic nitrogens is 1. The SMILES string of the molecule is C=Cc1ccc(COC(=O)c2ccc3nc(-c4cc5ccc(N(CC)CC)cc5oc4=O)sc3c2)cc1. The van der Waals surface area contributed by atoms with E-state index in [9.17, 15) is 9.59 Å². The number of nitrogens with zero attached hydrogens (tertiary/aromatic N) is 2. The maximum atomic E-state index is 12.9. The van der Waals surface area contributed by atoms with Crippen molar-refractivity contribution >= 4 is 50.3 Å². The van der Waals surface area contributed by atoms with Crippen LogP contribution in [0, 0.1) is 0 Å². The van der Waals surface area contributed by atoms with Crippen molar-refractivity contribution in [1.29, 1.82) is 0 Å². The summed E-state index contributed by atoms with van der Waals surface area (Å²) in [4.78, 5) is 32.4. The molecule has 0 unspecified atom stereocenters. The first-order chi connectivity index (χ1) is 18.0. The average Bonchev–Trinajstić information content (AvgIpc) is 3.35. The van der Waals surface area contributed by atoms with E-state index >= 15 is 0 Å². The van der Waals surface area contributed by atoms with Crippen LogP contribution in [0.25, 0.3) is 37.8 Å². The fourth-order valence-corrected chi connectivity index (χ4v) is 5.19. The Morgan fingerprint density at radius 3 is 2.57 bits per heavy atom. The molecule has 7 heteroatoms. The van der Waals surface area contributed by atoms with Gasteiger partial charge < -0.3 is 14.1 Å². The van der Waals surface area contributed by atoms with E-state index in [4.69, 9.17) is 9.15 Å². The summed E-state index contributed by atoms with van der Waals surface area (Å²) in [5, 5.41) is 1.38. The zero-order chi connectivity index (χ0) is 25.9. The second kappa shape index (κ2) is 10.4. The summed E-state index contributed by atoms with van der Waals surface area (Å²) in [6, 6.07) is 20.6. The van der Waals surface area contributed by atoms with E-state index in [-0.39, 0.29) is 6.61 Å². The zero-order valence-corrected chi connectivity index (χ0v) is 21.5. The van der Waals surface area contributed by atoms with Gasteiger partial charge in [0.1, 0.15) is 17.2 Å². The fraction of sp³-hybridized carbons (Fsp3) is 0.167. The Balaban J connectivity index is 1.39. The van der Waals surface area contributed by atoms with Crippen molar-refractivity contribution in [3.8, 4) is 10.6 Å². The Hall–Kier alpha value is -4.23. The number of carbonyl (C=O) groups is 1. The number of fused-ring (bicyclic) bond motifs is 2. The summed E-state index contributed by atoms with van der Waals surface area (Å²) in [6.45, 7) is 9.84. The molecular weight excluding hydrogens is 484 g/mol. The molecule has 0 fully saturated rings. The van der Waals surface area contributed by atoms with Gasteiger partial charge in [-0.15, -0.1) is 11.3 Å². The Morgan fingerprint density at radius 1 is 1.05 bits per heavy atom. The van der Waals surface area contributed by atoms with Crippen molar-refractivity contribution in [1.82, 2.24) is 4.98 Å². The molecule has 0 aliphatic rings. The van der Waals surface area contributed by atoms with E-state index in [0.717, 1.165) is 40.0 Å². The van der Waals surface area contributed by atoms with Crippen LogP contribution in [0.3, 0.4) is 0 Å². The molecule has 0 N–H and O–H groups in total. The fourth-order valence-electron chi connectivity index (χ4n) is 4.18. The van der Waals surface area contributed by atoms with E-state index in [1.165, 1.54) is 11.3 Å². The van der Waals surface area contributed by atoms with Gasteiger partial charge in [-0.25, -0.2) is 14.6 Å². The first-order valence-corrected chi connectivity index (χ1v) is 12.9. The third-order valence-electron chi connectivity index (χ3n) is 6.29. The molecule has 0 saturated heterocycles. The molecule has 0 amide bonds. The van der Waals surface area contributed by atoms with Crippen LogP contribution in [0.2, 0.25) is 0 Å². The van der Waals surface area contributed by atoms with Gasteiger partial charge in [0, 0.05) is 30.2 Å². The minimum Gasteiger partial charge on any atom is -0.457 e. The van der Waals surface area contributed by atoms with Gasteiger partial charge in [-0.1, -0.05) is 36.9 Å². The predicted octanol–water partition coefficient (Wildman–Crippen LogP) is 6.92. The van der Waals surface area contributed by atoms with E-state index in [1.807, 2.05) is 48.5 Å². The zero-order valence-electron chi connectivity index (χ0n) is 20.7. The largest absolute Gasteiger partial charge is 0.457 e. The second-order valence-electron chi connectivity index (χ2n) is 8.57. The van der Waals surface area contributed by atoms with E-state index in [1.54, 1.807) is 24.3 Å². The Bertz CT molecular complexity index is 1660. The number of thiazole rings is 1.